The quantitative estimate of drug-likeness (QED) is 0.721. The van der Waals surface area contributed by atoms with Crippen molar-refractivity contribution in [1.29, 1.82) is 0 Å². The van der Waals surface area contributed by atoms with Gasteiger partial charge in [-0.2, -0.15) is 0 Å². The predicted octanol–water partition coefficient (Wildman–Crippen LogP) is 1.44. The number of hydrogen-bond donors (Lipinski definition) is 0. The van der Waals surface area contributed by atoms with Gasteiger partial charge in [-0.25, -0.2) is 0 Å². The van der Waals surface area contributed by atoms with E-state index in [0.29, 0.717) is 6.10 Å². The molecule has 2 heterocycles. The van der Waals surface area contributed by atoms with E-state index >= 15 is 0 Å². The molecule has 2 unspecified atom stereocenters. The smallest absolute Gasteiger partial charge is 0.0710 e. The van der Waals surface area contributed by atoms with Crippen LogP contribution >= 0.6 is 0 Å². The molecule has 2 aliphatic rings. The monoisotopic (exact) mass is 226 g/mol. The fourth-order valence-electron chi connectivity index (χ4n) is 2.97. The number of nitrogens with zero attached hydrogens (tertiary/aromatic N) is 2. The van der Waals surface area contributed by atoms with Crippen LogP contribution in [0.2, 0.25) is 0 Å². The van der Waals surface area contributed by atoms with E-state index in [0.717, 1.165) is 12.5 Å². The van der Waals surface area contributed by atoms with Gasteiger partial charge in [0.2, 0.25) is 0 Å². The zero-order valence-electron chi connectivity index (χ0n) is 10.8. The van der Waals surface area contributed by atoms with Crippen molar-refractivity contribution in [2.75, 3.05) is 46.4 Å². The summed E-state index contributed by atoms with van der Waals surface area (Å²) in [6, 6.07) is 0. The van der Waals surface area contributed by atoms with E-state index < -0.39 is 0 Å². The minimum atomic E-state index is 0.486. The largest absolute Gasteiger partial charge is 0.380 e. The van der Waals surface area contributed by atoms with Crippen LogP contribution in [-0.4, -0.2) is 62.3 Å². The lowest BCUT2D eigenvalue weighted by Crippen LogP contribution is -2.39. The molecule has 0 N–H and O–H groups in total. The molecule has 16 heavy (non-hydrogen) atoms. The lowest BCUT2D eigenvalue weighted by atomic mass is 10.0. The first-order valence-electron chi connectivity index (χ1n) is 6.75. The first-order valence-corrected chi connectivity index (χ1v) is 6.75. The number of rotatable bonds is 4. The van der Waals surface area contributed by atoms with Gasteiger partial charge in [0.25, 0.3) is 0 Å². The van der Waals surface area contributed by atoms with Crippen LogP contribution in [-0.2, 0) is 4.74 Å². The van der Waals surface area contributed by atoms with Gasteiger partial charge in [0.05, 0.1) is 6.10 Å². The van der Waals surface area contributed by atoms with Crippen LogP contribution in [0.3, 0.4) is 0 Å². The topological polar surface area (TPSA) is 15.7 Å². The van der Waals surface area contributed by atoms with E-state index in [-0.39, 0.29) is 0 Å². The number of hydrogen-bond acceptors (Lipinski definition) is 3. The summed E-state index contributed by atoms with van der Waals surface area (Å²) in [5.41, 5.74) is 0. The Morgan fingerprint density at radius 3 is 2.44 bits per heavy atom. The maximum atomic E-state index is 5.39. The molecule has 0 amide bonds. The van der Waals surface area contributed by atoms with Gasteiger partial charge in [-0.1, -0.05) is 6.92 Å². The molecular formula is C13H26N2O. The normalized spacial score (nSPS) is 33.4. The highest BCUT2D eigenvalue weighted by Crippen LogP contribution is 2.16. The maximum absolute atomic E-state index is 5.39. The van der Waals surface area contributed by atoms with Crippen LogP contribution in [0.4, 0.5) is 0 Å². The summed E-state index contributed by atoms with van der Waals surface area (Å²) in [6.07, 6.45) is 4.51. The van der Waals surface area contributed by atoms with Gasteiger partial charge in [0.1, 0.15) is 0 Å². The van der Waals surface area contributed by atoms with Crippen molar-refractivity contribution in [3.05, 3.63) is 0 Å². The zero-order chi connectivity index (χ0) is 11.4. The zero-order valence-corrected chi connectivity index (χ0v) is 10.8. The molecule has 0 saturated carbocycles. The van der Waals surface area contributed by atoms with E-state index in [1.807, 2.05) is 7.11 Å². The Balaban J connectivity index is 1.64. The SMILES string of the molecule is COC1CCN(CCN2CCCC(C)C2)C1. The van der Waals surface area contributed by atoms with E-state index in [1.165, 1.54) is 52.0 Å². The summed E-state index contributed by atoms with van der Waals surface area (Å²) in [7, 11) is 1.83. The Labute approximate surface area is 99.7 Å². The van der Waals surface area contributed by atoms with Crippen LogP contribution in [0.15, 0.2) is 0 Å². The lowest BCUT2D eigenvalue weighted by molar-refractivity contribution is 0.104. The highest BCUT2D eigenvalue weighted by molar-refractivity contribution is 4.77. The van der Waals surface area contributed by atoms with Gasteiger partial charge < -0.3 is 9.64 Å². The summed E-state index contributed by atoms with van der Waals surface area (Å²) in [5.74, 6) is 0.902. The summed E-state index contributed by atoms with van der Waals surface area (Å²) in [6.45, 7) is 9.84. The minimum absolute atomic E-state index is 0.486. The van der Waals surface area contributed by atoms with Gasteiger partial charge in [-0.3, -0.25) is 4.90 Å². The van der Waals surface area contributed by atoms with Crippen molar-refractivity contribution in [3.8, 4) is 0 Å². The third-order valence-corrected chi connectivity index (χ3v) is 4.04. The Morgan fingerprint density at radius 2 is 1.81 bits per heavy atom. The van der Waals surface area contributed by atoms with Crippen LogP contribution in [0.1, 0.15) is 26.2 Å². The molecule has 0 spiro atoms. The summed E-state index contributed by atoms with van der Waals surface area (Å²) in [5, 5.41) is 0. The first kappa shape index (κ1) is 12.3. The van der Waals surface area contributed by atoms with Crippen molar-refractivity contribution < 1.29 is 4.74 Å². The van der Waals surface area contributed by atoms with Gasteiger partial charge >= 0.3 is 0 Å². The Morgan fingerprint density at radius 1 is 1.06 bits per heavy atom. The van der Waals surface area contributed by atoms with Crippen molar-refractivity contribution in [3.63, 3.8) is 0 Å². The molecule has 0 bridgehead atoms. The highest BCUT2D eigenvalue weighted by Gasteiger charge is 2.23. The van der Waals surface area contributed by atoms with Crippen LogP contribution < -0.4 is 0 Å². The van der Waals surface area contributed by atoms with Gasteiger partial charge in [-0.15, -0.1) is 0 Å². The fraction of sp³-hybridized carbons (Fsp3) is 1.00. The molecule has 3 nitrogen and oxygen atoms in total. The average Bonchev–Trinajstić information content (AvgIpc) is 2.74. The summed E-state index contributed by atoms with van der Waals surface area (Å²) < 4.78 is 5.39. The molecule has 0 aliphatic carbocycles. The van der Waals surface area contributed by atoms with Crippen molar-refractivity contribution in [2.24, 2.45) is 5.92 Å². The molecule has 0 aromatic heterocycles. The molecule has 3 heteroatoms. The molecule has 2 rings (SSSR count). The second-order valence-electron chi connectivity index (χ2n) is 5.50. The van der Waals surface area contributed by atoms with Crippen molar-refractivity contribution >= 4 is 0 Å². The van der Waals surface area contributed by atoms with Gasteiger partial charge in [0.15, 0.2) is 0 Å². The first-order chi connectivity index (χ1) is 7.78. The summed E-state index contributed by atoms with van der Waals surface area (Å²) in [4.78, 5) is 5.18. The van der Waals surface area contributed by atoms with E-state index in [2.05, 4.69) is 16.7 Å². The third kappa shape index (κ3) is 3.44. The summed E-state index contributed by atoms with van der Waals surface area (Å²) >= 11 is 0. The van der Waals surface area contributed by atoms with Crippen molar-refractivity contribution in [2.45, 2.75) is 32.3 Å². The molecule has 0 radical (unpaired) electrons. The predicted molar refractivity (Wildman–Crippen MR) is 66.7 cm³/mol. The molecular weight excluding hydrogens is 200 g/mol. The molecule has 0 aromatic carbocycles. The minimum Gasteiger partial charge on any atom is -0.380 e. The standard InChI is InChI=1S/C13H26N2O/c1-12-4-3-6-14(10-12)8-9-15-7-5-13(11-15)16-2/h12-13H,3-11H2,1-2H3. The second-order valence-corrected chi connectivity index (χ2v) is 5.50. The lowest BCUT2D eigenvalue weighted by Gasteiger charge is -2.32. The molecule has 2 atom stereocenters. The number of methoxy groups -OCH3 is 1. The number of piperidine rings is 1. The van der Waals surface area contributed by atoms with Crippen LogP contribution in [0, 0.1) is 5.92 Å². The van der Waals surface area contributed by atoms with Crippen molar-refractivity contribution in [1.82, 2.24) is 9.80 Å². The van der Waals surface area contributed by atoms with Gasteiger partial charge in [0, 0.05) is 39.8 Å². The average molecular weight is 226 g/mol. The van der Waals surface area contributed by atoms with Crippen LogP contribution in [0.5, 0.6) is 0 Å². The van der Waals surface area contributed by atoms with E-state index in [9.17, 15) is 0 Å². The highest BCUT2D eigenvalue weighted by atomic mass is 16.5. The molecule has 2 aliphatic heterocycles. The Bertz CT molecular complexity index is 210. The third-order valence-electron chi connectivity index (χ3n) is 4.04. The maximum Gasteiger partial charge on any atom is 0.0710 e. The fourth-order valence-corrected chi connectivity index (χ4v) is 2.97. The molecule has 94 valence electrons. The Hall–Kier alpha value is -0.120. The van der Waals surface area contributed by atoms with E-state index in [4.69, 9.17) is 4.74 Å². The molecule has 2 fully saturated rings. The molecule has 2 saturated heterocycles. The van der Waals surface area contributed by atoms with Gasteiger partial charge in [-0.05, 0) is 31.7 Å². The number of likely N-dealkylation sites (tertiary alicyclic amines) is 2. The second kappa shape index (κ2) is 5.99. The van der Waals surface area contributed by atoms with E-state index in [1.54, 1.807) is 0 Å². The van der Waals surface area contributed by atoms with Crippen LogP contribution in [0.25, 0.3) is 0 Å². The Kier molecular flexibility index (Phi) is 4.62. The number of ether oxygens (including phenoxy) is 1. The molecule has 0 aromatic rings.